The molecule has 1 heterocycles. The maximum Gasteiger partial charge on any atom is 0.319 e. The highest BCUT2D eigenvalue weighted by molar-refractivity contribution is 6.30. The van der Waals surface area contributed by atoms with Crippen molar-refractivity contribution in [1.82, 2.24) is 10.2 Å². The Hall–Kier alpha value is -2.44. The van der Waals surface area contributed by atoms with Crippen LogP contribution in [0.2, 0.25) is 5.02 Å². The molecule has 25 heavy (non-hydrogen) atoms. The van der Waals surface area contributed by atoms with E-state index in [1.807, 2.05) is 37.2 Å². The van der Waals surface area contributed by atoms with Crippen LogP contribution in [0.25, 0.3) is 0 Å². The summed E-state index contributed by atoms with van der Waals surface area (Å²) in [5, 5.41) is 6.31. The Morgan fingerprint density at radius 1 is 1.16 bits per heavy atom. The molecule has 3 rings (SSSR count). The zero-order valence-electron chi connectivity index (χ0n) is 14.1. The second-order valence-electron chi connectivity index (χ2n) is 5.93. The number of nitrogens with one attached hydrogen (secondary N) is 2. The van der Waals surface area contributed by atoms with E-state index in [0.717, 1.165) is 17.1 Å². The van der Waals surface area contributed by atoms with Gasteiger partial charge in [-0.1, -0.05) is 17.7 Å². The number of benzene rings is 2. The van der Waals surface area contributed by atoms with Crippen LogP contribution in [0.5, 0.6) is 11.5 Å². The third-order valence-corrected chi connectivity index (χ3v) is 4.21. The molecule has 1 atom stereocenters. The summed E-state index contributed by atoms with van der Waals surface area (Å²) in [7, 11) is 3.93. The van der Waals surface area contributed by atoms with E-state index < -0.39 is 0 Å². The number of carbonyl (C=O) groups is 1. The fourth-order valence-corrected chi connectivity index (χ4v) is 2.74. The van der Waals surface area contributed by atoms with E-state index >= 15 is 0 Å². The minimum absolute atomic E-state index is 0.00506. The molecule has 6 nitrogen and oxygen atoms in total. The number of urea groups is 1. The summed E-state index contributed by atoms with van der Waals surface area (Å²) in [5.41, 5.74) is 1.73. The Bertz CT molecular complexity index is 750. The van der Waals surface area contributed by atoms with Crippen molar-refractivity contribution in [2.24, 2.45) is 0 Å². The van der Waals surface area contributed by atoms with Crippen LogP contribution >= 0.6 is 11.6 Å². The van der Waals surface area contributed by atoms with E-state index in [1.54, 1.807) is 24.3 Å². The lowest BCUT2D eigenvalue weighted by Crippen LogP contribution is -2.36. The maximum atomic E-state index is 12.1. The average Bonchev–Trinajstić information content (AvgIpc) is 3.04. The molecule has 132 valence electrons. The predicted molar refractivity (Wildman–Crippen MR) is 97.5 cm³/mol. The quantitative estimate of drug-likeness (QED) is 0.855. The molecule has 1 aliphatic rings. The van der Waals surface area contributed by atoms with E-state index in [0.29, 0.717) is 17.3 Å². The highest BCUT2D eigenvalue weighted by Crippen LogP contribution is 2.34. The van der Waals surface area contributed by atoms with Crippen molar-refractivity contribution >= 4 is 23.3 Å². The van der Waals surface area contributed by atoms with Crippen LogP contribution in [-0.4, -0.2) is 38.4 Å². The molecule has 0 fully saturated rings. The molecule has 0 aromatic heterocycles. The van der Waals surface area contributed by atoms with Gasteiger partial charge in [-0.25, -0.2) is 4.79 Å². The summed E-state index contributed by atoms with van der Waals surface area (Å²) in [5.74, 6) is 1.48. The lowest BCUT2D eigenvalue weighted by atomic mass is 10.1. The topological polar surface area (TPSA) is 62.8 Å². The summed E-state index contributed by atoms with van der Waals surface area (Å²) >= 11 is 5.84. The summed E-state index contributed by atoms with van der Waals surface area (Å²) in [6.07, 6.45) is 0. The van der Waals surface area contributed by atoms with Gasteiger partial charge in [-0.3, -0.25) is 0 Å². The van der Waals surface area contributed by atoms with Crippen LogP contribution in [-0.2, 0) is 0 Å². The first kappa shape index (κ1) is 17.4. The molecular weight excluding hydrogens is 342 g/mol. The first-order valence-corrected chi connectivity index (χ1v) is 8.27. The van der Waals surface area contributed by atoms with Crippen LogP contribution in [0.4, 0.5) is 10.5 Å². The molecule has 0 aliphatic carbocycles. The molecule has 1 aliphatic heterocycles. The van der Waals surface area contributed by atoms with Crippen molar-refractivity contribution in [2.75, 3.05) is 32.7 Å². The highest BCUT2D eigenvalue weighted by Gasteiger charge is 2.20. The number of hydrogen-bond donors (Lipinski definition) is 2. The summed E-state index contributed by atoms with van der Waals surface area (Å²) in [4.78, 5) is 14.2. The summed E-state index contributed by atoms with van der Waals surface area (Å²) < 4.78 is 10.8. The van der Waals surface area contributed by atoms with Gasteiger partial charge in [0.2, 0.25) is 6.79 Å². The van der Waals surface area contributed by atoms with E-state index in [1.165, 1.54) is 0 Å². The molecule has 2 aromatic carbocycles. The van der Waals surface area contributed by atoms with Crippen LogP contribution in [0, 0.1) is 0 Å². The molecule has 0 spiro atoms. The monoisotopic (exact) mass is 361 g/mol. The smallest absolute Gasteiger partial charge is 0.319 e. The first-order valence-electron chi connectivity index (χ1n) is 7.89. The maximum absolute atomic E-state index is 12.1. The number of carbonyl (C=O) groups excluding carboxylic acids is 1. The third-order valence-electron chi connectivity index (χ3n) is 3.96. The Kier molecular flexibility index (Phi) is 5.31. The van der Waals surface area contributed by atoms with Crippen LogP contribution in [0.3, 0.4) is 0 Å². The molecule has 2 N–H and O–H groups in total. The Labute approximate surface area is 151 Å². The van der Waals surface area contributed by atoms with Gasteiger partial charge in [0.25, 0.3) is 0 Å². The number of halogens is 1. The Morgan fingerprint density at radius 3 is 2.60 bits per heavy atom. The molecule has 0 radical (unpaired) electrons. The van der Waals surface area contributed by atoms with E-state index in [9.17, 15) is 4.79 Å². The molecular formula is C18H20ClN3O3. The number of fused-ring (bicyclic) bond motifs is 1. The third kappa shape index (κ3) is 4.35. The Balaban J connectivity index is 1.62. The van der Waals surface area contributed by atoms with Gasteiger partial charge in [0.05, 0.1) is 6.04 Å². The Morgan fingerprint density at radius 2 is 1.88 bits per heavy atom. The molecule has 2 amide bonds. The van der Waals surface area contributed by atoms with Crippen molar-refractivity contribution in [3.8, 4) is 11.5 Å². The van der Waals surface area contributed by atoms with Crippen molar-refractivity contribution in [1.29, 1.82) is 0 Å². The number of hydrogen-bond acceptors (Lipinski definition) is 4. The van der Waals surface area contributed by atoms with Gasteiger partial charge >= 0.3 is 6.03 Å². The fraction of sp³-hybridized carbons (Fsp3) is 0.278. The zero-order chi connectivity index (χ0) is 17.8. The van der Waals surface area contributed by atoms with Gasteiger partial charge < -0.3 is 25.0 Å². The van der Waals surface area contributed by atoms with E-state index in [4.69, 9.17) is 21.1 Å². The van der Waals surface area contributed by atoms with Gasteiger partial charge in [0.15, 0.2) is 11.5 Å². The second-order valence-corrected chi connectivity index (χ2v) is 6.37. The standard InChI is InChI=1S/C18H20ClN3O3/c1-22(2)15(12-3-8-16-17(9-12)25-11-24-16)10-20-18(23)21-14-6-4-13(19)5-7-14/h3-9,15H,10-11H2,1-2H3,(H2,20,21,23)/t15-/m1/s1. The van der Waals surface area contributed by atoms with Gasteiger partial charge in [0, 0.05) is 17.3 Å². The molecule has 7 heteroatoms. The number of amides is 2. The van der Waals surface area contributed by atoms with E-state index in [2.05, 4.69) is 10.6 Å². The number of anilines is 1. The van der Waals surface area contributed by atoms with Gasteiger partial charge in [-0.15, -0.1) is 0 Å². The van der Waals surface area contributed by atoms with E-state index in [-0.39, 0.29) is 18.9 Å². The largest absolute Gasteiger partial charge is 0.454 e. The SMILES string of the molecule is CN(C)[C@H](CNC(=O)Nc1ccc(Cl)cc1)c1ccc2c(c1)OCO2. The van der Waals surface area contributed by atoms with Crippen LogP contribution < -0.4 is 20.1 Å². The lowest BCUT2D eigenvalue weighted by Gasteiger charge is -2.25. The first-order chi connectivity index (χ1) is 12.0. The van der Waals surface area contributed by atoms with Crippen molar-refractivity contribution < 1.29 is 14.3 Å². The fourth-order valence-electron chi connectivity index (χ4n) is 2.62. The highest BCUT2D eigenvalue weighted by atomic mass is 35.5. The minimum atomic E-state index is -0.269. The second kappa shape index (κ2) is 7.63. The minimum Gasteiger partial charge on any atom is -0.454 e. The average molecular weight is 362 g/mol. The zero-order valence-corrected chi connectivity index (χ0v) is 14.8. The van der Waals surface area contributed by atoms with Gasteiger partial charge in [-0.05, 0) is 56.1 Å². The van der Waals surface area contributed by atoms with Gasteiger partial charge in [0.1, 0.15) is 0 Å². The summed E-state index contributed by atoms with van der Waals surface area (Å²) in [6, 6.07) is 12.5. The molecule has 0 unspecified atom stereocenters. The molecule has 0 saturated carbocycles. The van der Waals surface area contributed by atoms with Crippen LogP contribution in [0.1, 0.15) is 11.6 Å². The lowest BCUT2D eigenvalue weighted by molar-refractivity contribution is 0.174. The number of ether oxygens (including phenoxy) is 2. The number of nitrogens with zero attached hydrogens (tertiary/aromatic N) is 1. The molecule has 0 saturated heterocycles. The molecule has 0 bridgehead atoms. The van der Waals surface area contributed by atoms with Crippen molar-refractivity contribution in [2.45, 2.75) is 6.04 Å². The van der Waals surface area contributed by atoms with Crippen molar-refractivity contribution in [3.05, 3.63) is 53.1 Å². The number of likely N-dealkylation sites (N-methyl/N-ethyl adjacent to an activating group) is 1. The van der Waals surface area contributed by atoms with Crippen molar-refractivity contribution in [3.63, 3.8) is 0 Å². The molecule has 2 aromatic rings. The number of rotatable bonds is 5. The van der Waals surface area contributed by atoms with Gasteiger partial charge in [-0.2, -0.15) is 0 Å². The summed E-state index contributed by atoms with van der Waals surface area (Å²) in [6.45, 7) is 0.694. The normalized spacial score (nSPS) is 13.6. The van der Waals surface area contributed by atoms with Crippen LogP contribution in [0.15, 0.2) is 42.5 Å². The predicted octanol–water partition coefficient (Wildman–Crippen LogP) is 3.49.